The third-order valence-electron chi connectivity index (χ3n) is 3.08. The number of aryl methyl sites for hydroxylation is 2. The zero-order chi connectivity index (χ0) is 13.8. The van der Waals surface area contributed by atoms with Gasteiger partial charge in [0.1, 0.15) is 12.4 Å². The lowest BCUT2D eigenvalue weighted by atomic mass is 10.1. The molecule has 0 radical (unpaired) electrons. The van der Waals surface area contributed by atoms with E-state index in [-0.39, 0.29) is 0 Å². The van der Waals surface area contributed by atoms with Crippen LogP contribution in [0.15, 0.2) is 36.4 Å². The maximum absolute atomic E-state index is 11.0. The van der Waals surface area contributed by atoms with Gasteiger partial charge >= 0.3 is 0 Å². The van der Waals surface area contributed by atoms with Crippen molar-refractivity contribution >= 4 is 17.9 Å². The topological polar surface area (TPSA) is 26.3 Å². The van der Waals surface area contributed by atoms with Crippen LogP contribution in [0, 0.1) is 13.8 Å². The Morgan fingerprint density at radius 2 is 1.95 bits per heavy atom. The molecule has 0 spiro atoms. The highest BCUT2D eigenvalue weighted by molar-refractivity contribution is 6.32. The number of hydrogen-bond acceptors (Lipinski definition) is 2. The molecule has 0 unspecified atom stereocenters. The molecule has 0 fully saturated rings. The van der Waals surface area contributed by atoms with Crippen molar-refractivity contribution < 1.29 is 9.53 Å². The number of carbonyl (C=O) groups excluding carboxylic acids is 1. The van der Waals surface area contributed by atoms with Gasteiger partial charge in [0.25, 0.3) is 0 Å². The fraction of sp³-hybridized carbons (Fsp3) is 0.188. The van der Waals surface area contributed by atoms with Gasteiger partial charge in [-0.05, 0) is 42.7 Å². The van der Waals surface area contributed by atoms with Gasteiger partial charge in [-0.15, -0.1) is 0 Å². The van der Waals surface area contributed by atoms with Crippen molar-refractivity contribution in [3.8, 4) is 5.75 Å². The van der Waals surface area contributed by atoms with E-state index in [9.17, 15) is 4.79 Å². The number of carbonyl (C=O) groups is 1. The van der Waals surface area contributed by atoms with Gasteiger partial charge < -0.3 is 4.74 Å². The Morgan fingerprint density at radius 1 is 1.16 bits per heavy atom. The lowest BCUT2D eigenvalue weighted by Gasteiger charge is -2.11. The number of aldehydes is 1. The van der Waals surface area contributed by atoms with Crippen molar-refractivity contribution in [1.29, 1.82) is 0 Å². The molecule has 0 saturated heterocycles. The van der Waals surface area contributed by atoms with E-state index in [1.165, 1.54) is 11.1 Å². The zero-order valence-electron chi connectivity index (χ0n) is 10.9. The number of para-hydroxylation sites is 1. The Bertz CT molecular complexity index is 606. The number of halogens is 1. The summed E-state index contributed by atoms with van der Waals surface area (Å²) in [6, 6.07) is 11.3. The number of ether oxygens (including phenoxy) is 1. The fourth-order valence-electron chi connectivity index (χ4n) is 1.82. The Hall–Kier alpha value is -1.80. The van der Waals surface area contributed by atoms with Crippen LogP contribution in [0.3, 0.4) is 0 Å². The first-order valence-electron chi connectivity index (χ1n) is 6.04. The number of benzene rings is 2. The molecule has 2 aromatic carbocycles. The van der Waals surface area contributed by atoms with Gasteiger partial charge in [-0.3, -0.25) is 4.79 Å². The smallest absolute Gasteiger partial charge is 0.153 e. The molecule has 0 atom stereocenters. The molecule has 0 aromatic heterocycles. The summed E-state index contributed by atoms with van der Waals surface area (Å²) in [5.41, 5.74) is 3.99. The van der Waals surface area contributed by atoms with Crippen molar-refractivity contribution in [2.24, 2.45) is 0 Å². The Labute approximate surface area is 118 Å². The molecule has 0 aliphatic rings. The van der Waals surface area contributed by atoms with E-state index in [1.54, 1.807) is 18.2 Å². The summed E-state index contributed by atoms with van der Waals surface area (Å²) in [7, 11) is 0. The summed E-state index contributed by atoms with van der Waals surface area (Å²) >= 11 is 6.05. The summed E-state index contributed by atoms with van der Waals surface area (Å²) in [4.78, 5) is 11.0. The van der Waals surface area contributed by atoms with Crippen molar-refractivity contribution in [1.82, 2.24) is 0 Å². The fourth-order valence-corrected chi connectivity index (χ4v) is 2.06. The van der Waals surface area contributed by atoms with Crippen LogP contribution in [0.5, 0.6) is 5.75 Å². The quantitative estimate of drug-likeness (QED) is 0.775. The van der Waals surface area contributed by atoms with Gasteiger partial charge in [0.2, 0.25) is 0 Å². The van der Waals surface area contributed by atoms with Crippen molar-refractivity contribution in [3.05, 3.63) is 63.7 Å². The molecular weight excluding hydrogens is 260 g/mol. The Morgan fingerprint density at radius 3 is 2.63 bits per heavy atom. The molecule has 3 heteroatoms. The second kappa shape index (κ2) is 5.89. The predicted octanol–water partition coefficient (Wildman–Crippen LogP) is 4.35. The standard InChI is InChI=1S/C16H15ClO2/c1-11-6-7-13(8-12(11)2)10-19-16-14(9-18)4-3-5-15(16)17/h3-9H,10H2,1-2H3. The van der Waals surface area contributed by atoms with Crippen LogP contribution >= 0.6 is 11.6 Å². The van der Waals surface area contributed by atoms with E-state index in [0.29, 0.717) is 22.9 Å². The van der Waals surface area contributed by atoms with Gasteiger partial charge in [0.15, 0.2) is 6.29 Å². The molecule has 0 saturated carbocycles. The summed E-state index contributed by atoms with van der Waals surface area (Å²) in [5.74, 6) is 0.442. The molecule has 98 valence electrons. The molecule has 2 rings (SSSR count). The van der Waals surface area contributed by atoms with E-state index >= 15 is 0 Å². The Kier molecular flexibility index (Phi) is 4.23. The second-order valence-corrected chi connectivity index (χ2v) is 4.89. The minimum Gasteiger partial charge on any atom is -0.487 e. The van der Waals surface area contributed by atoms with E-state index in [1.807, 2.05) is 6.07 Å². The van der Waals surface area contributed by atoms with Crippen LogP contribution in [0.1, 0.15) is 27.0 Å². The first-order chi connectivity index (χ1) is 9.11. The van der Waals surface area contributed by atoms with Crippen molar-refractivity contribution in [2.75, 3.05) is 0 Å². The molecule has 0 amide bonds. The van der Waals surface area contributed by atoms with Gasteiger partial charge in [-0.2, -0.15) is 0 Å². The lowest BCUT2D eigenvalue weighted by molar-refractivity contribution is 0.111. The molecule has 0 heterocycles. The molecule has 0 aliphatic heterocycles. The Balaban J connectivity index is 2.18. The van der Waals surface area contributed by atoms with E-state index in [0.717, 1.165) is 11.8 Å². The van der Waals surface area contributed by atoms with Crippen LogP contribution in [0.25, 0.3) is 0 Å². The lowest BCUT2D eigenvalue weighted by Crippen LogP contribution is -1.99. The predicted molar refractivity (Wildman–Crippen MR) is 77.1 cm³/mol. The minimum absolute atomic E-state index is 0.395. The average Bonchev–Trinajstić information content (AvgIpc) is 2.41. The van der Waals surface area contributed by atoms with Crippen LogP contribution < -0.4 is 4.74 Å². The third-order valence-corrected chi connectivity index (χ3v) is 3.38. The highest BCUT2D eigenvalue weighted by Gasteiger charge is 2.08. The van der Waals surface area contributed by atoms with Gasteiger partial charge in [0, 0.05) is 0 Å². The average molecular weight is 275 g/mol. The second-order valence-electron chi connectivity index (χ2n) is 4.48. The molecule has 2 nitrogen and oxygen atoms in total. The first kappa shape index (κ1) is 13.6. The minimum atomic E-state index is 0.395. The van der Waals surface area contributed by atoms with Crippen LogP contribution in [-0.2, 0) is 6.61 Å². The van der Waals surface area contributed by atoms with Crippen molar-refractivity contribution in [2.45, 2.75) is 20.5 Å². The van der Waals surface area contributed by atoms with Gasteiger partial charge in [-0.25, -0.2) is 0 Å². The van der Waals surface area contributed by atoms with E-state index in [2.05, 4.69) is 26.0 Å². The largest absolute Gasteiger partial charge is 0.487 e. The van der Waals surface area contributed by atoms with Crippen LogP contribution in [0.4, 0.5) is 0 Å². The normalized spacial score (nSPS) is 10.3. The maximum Gasteiger partial charge on any atom is 0.153 e. The van der Waals surface area contributed by atoms with Gasteiger partial charge in [0.05, 0.1) is 10.6 Å². The third kappa shape index (κ3) is 3.15. The highest BCUT2D eigenvalue weighted by atomic mass is 35.5. The molecule has 0 aliphatic carbocycles. The molecular formula is C16H15ClO2. The number of hydrogen-bond donors (Lipinski definition) is 0. The molecule has 0 N–H and O–H groups in total. The zero-order valence-corrected chi connectivity index (χ0v) is 11.7. The molecule has 2 aromatic rings. The highest BCUT2D eigenvalue weighted by Crippen LogP contribution is 2.28. The van der Waals surface area contributed by atoms with E-state index < -0.39 is 0 Å². The SMILES string of the molecule is Cc1ccc(COc2c(Cl)cccc2C=O)cc1C. The number of rotatable bonds is 4. The summed E-state index contributed by atoms with van der Waals surface area (Å²) in [6.07, 6.45) is 0.752. The summed E-state index contributed by atoms with van der Waals surface area (Å²) < 4.78 is 5.68. The van der Waals surface area contributed by atoms with Crippen LogP contribution in [-0.4, -0.2) is 6.29 Å². The molecule has 0 bridgehead atoms. The summed E-state index contributed by atoms with van der Waals surface area (Å²) in [5, 5.41) is 0.452. The van der Waals surface area contributed by atoms with Crippen molar-refractivity contribution in [3.63, 3.8) is 0 Å². The monoisotopic (exact) mass is 274 g/mol. The van der Waals surface area contributed by atoms with Gasteiger partial charge in [-0.1, -0.05) is 35.9 Å². The maximum atomic E-state index is 11.0. The molecule has 19 heavy (non-hydrogen) atoms. The first-order valence-corrected chi connectivity index (χ1v) is 6.42. The van der Waals surface area contributed by atoms with E-state index in [4.69, 9.17) is 16.3 Å². The van der Waals surface area contributed by atoms with Crippen LogP contribution in [0.2, 0.25) is 5.02 Å². The summed E-state index contributed by atoms with van der Waals surface area (Å²) in [6.45, 7) is 4.52.